The number of rotatable bonds is 8. The third kappa shape index (κ3) is 6.69. The first-order valence-corrected chi connectivity index (χ1v) is 12.4. The summed E-state index contributed by atoms with van der Waals surface area (Å²) in [6.07, 6.45) is 1.01. The van der Waals surface area contributed by atoms with Crippen LogP contribution in [-0.4, -0.2) is 44.9 Å². The van der Waals surface area contributed by atoms with Crippen LogP contribution in [-0.2, 0) is 20.6 Å². The Kier molecular flexibility index (Phi) is 7.97. The molecule has 0 spiro atoms. The number of ether oxygens (including phenoxy) is 1. The summed E-state index contributed by atoms with van der Waals surface area (Å²) >= 11 is 6.10. The number of carbonyl (C=O) groups excluding carboxylic acids is 1. The lowest BCUT2D eigenvalue weighted by atomic mass is 9.97. The topological polar surface area (TPSA) is 75.7 Å². The molecular formula is C23H29ClN2O4S. The summed E-state index contributed by atoms with van der Waals surface area (Å²) in [6.45, 7) is 5.51. The van der Waals surface area contributed by atoms with E-state index in [0.717, 1.165) is 16.9 Å². The molecule has 8 heteroatoms. The highest BCUT2D eigenvalue weighted by molar-refractivity contribution is 7.88. The normalized spacial score (nSPS) is 15.6. The van der Waals surface area contributed by atoms with Gasteiger partial charge in [-0.2, -0.15) is 0 Å². The highest BCUT2D eigenvalue weighted by Crippen LogP contribution is 2.24. The van der Waals surface area contributed by atoms with Crippen molar-refractivity contribution in [3.05, 3.63) is 64.2 Å². The van der Waals surface area contributed by atoms with Gasteiger partial charge in [0.05, 0.1) is 12.3 Å². The lowest BCUT2D eigenvalue weighted by Crippen LogP contribution is -2.44. The fourth-order valence-corrected chi connectivity index (χ4v) is 5.68. The molecule has 2 aromatic carbocycles. The molecule has 0 atom stereocenters. The lowest BCUT2D eigenvalue weighted by Gasteiger charge is -2.30. The van der Waals surface area contributed by atoms with E-state index in [-0.39, 0.29) is 17.6 Å². The fourth-order valence-electron chi connectivity index (χ4n) is 3.80. The van der Waals surface area contributed by atoms with Crippen LogP contribution in [0.1, 0.15) is 29.5 Å². The van der Waals surface area contributed by atoms with Crippen molar-refractivity contribution in [3.63, 3.8) is 0 Å². The minimum absolute atomic E-state index is 0.0489. The maximum absolute atomic E-state index is 12.7. The first-order valence-electron chi connectivity index (χ1n) is 10.4. The second-order valence-electron chi connectivity index (χ2n) is 7.98. The molecule has 168 valence electrons. The molecule has 1 N–H and O–H groups in total. The van der Waals surface area contributed by atoms with E-state index in [1.165, 1.54) is 4.31 Å². The van der Waals surface area contributed by atoms with Gasteiger partial charge in [0.15, 0.2) is 0 Å². The predicted octanol–water partition coefficient (Wildman–Crippen LogP) is 3.69. The number of hydrogen-bond acceptors (Lipinski definition) is 4. The van der Waals surface area contributed by atoms with Crippen LogP contribution in [0.5, 0.6) is 5.75 Å². The molecule has 0 bridgehead atoms. The zero-order valence-electron chi connectivity index (χ0n) is 17.9. The van der Waals surface area contributed by atoms with Gasteiger partial charge in [-0.1, -0.05) is 35.9 Å². The van der Waals surface area contributed by atoms with Gasteiger partial charge in [-0.3, -0.25) is 4.79 Å². The molecule has 1 fully saturated rings. The minimum Gasteiger partial charge on any atom is -0.492 e. The Morgan fingerprint density at radius 1 is 1.13 bits per heavy atom. The van der Waals surface area contributed by atoms with Crippen molar-refractivity contribution in [2.24, 2.45) is 5.92 Å². The summed E-state index contributed by atoms with van der Waals surface area (Å²) in [4.78, 5) is 12.5. The van der Waals surface area contributed by atoms with Crippen molar-refractivity contribution in [2.75, 3.05) is 26.2 Å². The molecule has 1 heterocycles. The highest BCUT2D eigenvalue weighted by Gasteiger charge is 2.31. The molecule has 3 rings (SSSR count). The monoisotopic (exact) mass is 464 g/mol. The van der Waals surface area contributed by atoms with Crippen LogP contribution in [0.2, 0.25) is 5.02 Å². The van der Waals surface area contributed by atoms with Crippen LogP contribution < -0.4 is 10.1 Å². The number of amides is 1. The van der Waals surface area contributed by atoms with E-state index in [1.807, 2.05) is 26.0 Å². The quantitative estimate of drug-likeness (QED) is 0.604. The van der Waals surface area contributed by atoms with Gasteiger partial charge in [0.25, 0.3) is 0 Å². The van der Waals surface area contributed by atoms with E-state index in [1.54, 1.807) is 24.3 Å². The average Bonchev–Trinajstić information content (AvgIpc) is 2.72. The van der Waals surface area contributed by atoms with Crippen LogP contribution in [0.3, 0.4) is 0 Å². The van der Waals surface area contributed by atoms with Crippen molar-refractivity contribution in [1.82, 2.24) is 9.62 Å². The fraction of sp³-hybridized carbons (Fsp3) is 0.435. The van der Waals surface area contributed by atoms with Crippen LogP contribution in [0, 0.1) is 19.8 Å². The Bertz CT molecular complexity index is 998. The number of carbonyl (C=O) groups is 1. The third-order valence-electron chi connectivity index (χ3n) is 5.38. The minimum atomic E-state index is -3.47. The Balaban J connectivity index is 1.42. The Labute approximate surface area is 189 Å². The highest BCUT2D eigenvalue weighted by atomic mass is 35.5. The van der Waals surface area contributed by atoms with Crippen molar-refractivity contribution in [1.29, 1.82) is 0 Å². The number of nitrogens with zero attached hydrogens (tertiary/aromatic N) is 1. The van der Waals surface area contributed by atoms with Gasteiger partial charge >= 0.3 is 0 Å². The number of piperidine rings is 1. The average molecular weight is 465 g/mol. The molecule has 0 aromatic heterocycles. The summed E-state index contributed by atoms with van der Waals surface area (Å²) in [6, 6.07) is 13.0. The Morgan fingerprint density at radius 2 is 1.77 bits per heavy atom. The maximum atomic E-state index is 12.7. The van der Waals surface area contributed by atoms with Gasteiger partial charge < -0.3 is 10.1 Å². The second kappa shape index (κ2) is 10.5. The van der Waals surface area contributed by atoms with Gasteiger partial charge in [-0.05, 0) is 61.6 Å². The molecule has 0 saturated carbocycles. The molecule has 0 radical (unpaired) electrons. The van der Waals surface area contributed by atoms with Gasteiger partial charge in [0.2, 0.25) is 15.9 Å². The number of aryl methyl sites for hydroxylation is 2. The largest absolute Gasteiger partial charge is 0.492 e. The van der Waals surface area contributed by atoms with Crippen LogP contribution in [0.25, 0.3) is 0 Å². The molecule has 6 nitrogen and oxygen atoms in total. The van der Waals surface area contributed by atoms with Crippen molar-refractivity contribution < 1.29 is 17.9 Å². The van der Waals surface area contributed by atoms with E-state index in [9.17, 15) is 13.2 Å². The van der Waals surface area contributed by atoms with E-state index >= 15 is 0 Å². The number of benzene rings is 2. The molecule has 0 aliphatic carbocycles. The van der Waals surface area contributed by atoms with E-state index in [0.29, 0.717) is 49.7 Å². The Morgan fingerprint density at radius 3 is 2.42 bits per heavy atom. The van der Waals surface area contributed by atoms with Crippen LogP contribution >= 0.6 is 11.6 Å². The summed E-state index contributed by atoms with van der Waals surface area (Å²) in [5.74, 6) is 0.434. The number of sulfonamides is 1. The molecule has 0 unspecified atom stereocenters. The van der Waals surface area contributed by atoms with Gasteiger partial charge in [0.1, 0.15) is 12.4 Å². The molecule has 31 heavy (non-hydrogen) atoms. The van der Waals surface area contributed by atoms with Crippen molar-refractivity contribution >= 4 is 27.5 Å². The number of nitrogens with one attached hydrogen (secondary N) is 1. The smallest absolute Gasteiger partial charge is 0.223 e. The van der Waals surface area contributed by atoms with Gasteiger partial charge in [-0.15, -0.1) is 0 Å². The summed E-state index contributed by atoms with van der Waals surface area (Å²) in [5, 5.41) is 3.35. The van der Waals surface area contributed by atoms with Crippen LogP contribution in [0.4, 0.5) is 0 Å². The first kappa shape index (κ1) is 23.6. The van der Waals surface area contributed by atoms with E-state index in [2.05, 4.69) is 11.4 Å². The summed E-state index contributed by atoms with van der Waals surface area (Å²) in [7, 11) is -3.47. The third-order valence-corrected chi connectivity index (χ3v) is 7.58. The SMILES string of the molecule is Cc1cc(C)cc(OCCNC(=O)C2CCN(S(=O)(=O)Cc3ccccc3Cl)CC2)c1. The van der Waals surface area contributed by atoms with E-state index in [4.69, 9.17) is 16.3 Å². The molecule has 1 amide bonds. The molecule has 1 aliphatic heterocycles. The zero-order valence-corrected chi connectivity index (χ0v) is 19.5. The predicted molar refractivity (Wildman–Crippen MR) is 123 cm³/mol. The van der Waals surface area contributed by atoms with Crippen LogP contribution in [0.15, 0.2) is 42.5 Å². The number of halogens is 1. The van der Waals surface area contributed by atoms with Crippen molar-refractivity contribution in [3.8, 4) is 5.75 Å². The summed E-state index contributed by atoms with van der Waals surface area (Å²) < 4.78 is 32.6. The van der Waals surface area contributed by atoms with Gasteiger partial charge in [0, 0.05) is 24.0 Å². The molecular weight excluding hydrogens is 436 g/mol. The first-order chi connectivity index (χ1) is 14.7. The lowest BCUT2D eigenvalue weighted by molar-refractivity contribution is -0.126. The van der Waals surface area contributed by atoms with Gasteiger partial charge in [-0.25, -0.2) is 12.7 Å². The standard InChI is InChI=1S/C23H29ClN2O4S/c1-17-13-18(2)15-21(14-17)30-12-9-25-23(27)19-7-10-26(11-8-19)31(28,29)16-20-5-3-4-6-22(20)24/h3-6,13-15,19H,7-12,16H2,1-2H3,(H,25,27). The molecule has 1 aliphatic rings. The Hall–Kier alpha value is -2.09. The maximum Gasteiger partial charge on any atom is 0.223 e. The van der Waals surface area contributed by atoms with Crippen molar-refractivity contribution in [2.45, 2.75) is 32.4 Å². The number of hydrogen-bond donors (Lipinski definition) is 1. The zero-order chi connectivity index (χ0) is 22.4. The van der Waals surface area contributed by atoms with E-state index < -0.39 is 10.0 Å². The molecule has 2 aromatic rings. The second-order valence-corrected chi connectivity index (χ2v) is 10.4. The molecule has 1 saturated heterocycles. The summed E-state index contributed by atoms with van der Waals surface area (Å²) in [5.41, 5.74) is 2.86.